The largest absolute Gasteiger partial charge is 0.481 e. The molecule has 4 nitrogen and oxygen atoms in total. The third-order valence-corrected chi connectivity index (χ3v) is 2.00. The molecule has 0 aromatic carbocycles. The van der Waals surface area contributed by atoms with Gasteiger partial charge in [-0.3, -0.25) is 4.79 Å². The van der Waals surface area contributed by atoms with Crippen molar-refractivity contribution in [2.24, 2.45) is 0 Å². The Hall–Kier alpha value is -1.32. The normalized spacial score (nSPS) is 11.6. The van der Waals surface area contributed by atoms with E-state index in [1.165, 1.54) is 0 Å². The van der Waals surface area contributed by atoms with Crippen molar-refractivity contribution in [1.29, 1.82) is 0 Å². The van der Waals surface area contributed by atoms with Crippen molar-refractivity contribution in [2.45, 2.75) is 39.2 Å². The molecular formula is C10H16N2O2. The molecule has 14 heavy (non-hydrogen) atoms. The molecule has 0 spiro atoms. The molecule has 1 N–H and O–H groups in total. The van der Waals surface area contributed by atoms with E-state index in [4.69, 9.17) is 5.11 Å². The fraction of sp³-hybridized carbons (Fsp3) is 0.600. The van der Waals surface area contributed by atoms with Crippen LogP contribution in [0.4, 0.5) is 0 Å². The number of imidazole rings is 1. The monoisotopic (exact) mass is 196 g/mol. The van der Waals surface area contributed by atoms with Gasteiger partial charge in [-0.15, -0.1) is 0 Å². The summed E-state index contributed by atoms with van der Waals surface area (Å²) in [4.78, 5) is 14.6. The number of aliphatic carboxylic acids is 1. The van der Waals surface area contributed by atoms with Gasteiger partial charge in [0.25, 0.3) is 0 Å². The van der Waals surface area contributed by atoms with E-state index in [0.717, 1.165) is 5.82 Å². The third kappa shape index (κ3) is 2.58. The number of nitrogens with zero attached hydrogens (tertiary/aromatic N) is 2. The highest BCUT2D eigenvalue weighted by Crippen LogP contribution is 2.16. The highest BCUT2D eigenvalue weighted by Gasteiger charge is 2.16. The van der Waals surface area contributed by atoms with Crippen molar-refractivity contribution >= 4 is 5.97 Å². The van der Waals surface area contributed by atoms with Gasteiger partial charge in [0.05, 0.1) is 6.42 Å². The maximum atomic E-state index is 10.4. The molecule has 1 aromatic heterocycles. The van der Waals surface area contributed by atoms with Crippen molar-refractivity contribution in [3.8, 4) is 0 Å². The topological polar surface area (TPSA) is 55.1 Å². The van der Waals surface area contributed by atoms with Crippen LogP contribution in [0.1, 0.15) is 33.0 Å². The number of carbonyl (C=O) groups is 1. The van der Waals surface area contributed by atoms with Crippen molar-refractivity contribution < 1.29 is 9.90 Å². The van der Waals surface area contributed by atoms with Gasteiger partial charge in [-0.2, -0.15) is 0 Å². The summed E-state index contributed by atoms with van der Waals surface area (Å²) in [6, 6.07) is 0. The van der Waals surface area contributed by atoms with Crippen molar-refractivity contribution in [3.05, 3.63) is 18.2 Å². The van der Waals surface area contributed by atoms with Crippen molar-refractivity contribution in [2.75, 3.05) is 0 Å². The maximum Gasteiger partial charge on any atom is 0.303 e. The summed E-state index contributed by atoms with van der Waals surface area (Å²) in [5.74, 6) is 0.0494. The molecule has 4 heteroatoms. The van der Waals surface area contributed by atoms with Crippen LogP contribution in [-0.4, -0.2) is 20.6 Å². The predicted molar refractivity (Wildman–Crippen MR) is 53.2 cm³/mol. The van der Waals surface area contributed by atoms with E-state index in [1.54, 1.807) is 6.20 Å². The first-order chi connectivity index (χ1) is 6.41. The highest BCUT2D eigenvalue weighted by molar-refractivity contribution is 5.66. The zero-order valence-electron chi connectivity index (χ0n) is 8.82. The second kappa shape index (κ2) is 3.82. The van der Waals surface area contributed by atoms with Gasteiger partial charge in [-0.05, 0) is 20.8 Å². The van der Waals surface area contributed by atoms with Crippen LogP contribution in [-0.2, 0) is 16.8 Å². The van der Waals surface area contributed by atoms with Crippen LogP contribution >= 0.6 is 0 Å². The number of hydrogen-bond acceptors (Lipinski definition) is 2. The lowest BCUT2D eigenvalue weighted by molar-refractivity contribution is -0.137. The number of carboxylic acid groups (broad SMARTS) is 1. The van der Waals surface area contributed by atoms with Gasteiger partial charge in [-0.1, -0.05) is 0 Å². The van der Waals surface area contributed by atoms with Gasteiger partial charge in [0.15, 0.2) is 0 Å². The molecule has 0 bridgehead atoms. The van der Waals surface area contributed by atoms with Gasteiger partial charge in [-0.25, -0.2) is 4.98 Å². The lowest BCUT2D eigenvalue weighted by atomic mass is 10.1. The summed E-state index contributed by atoms with van der Waals surface area (Å²) < 4.78 is 2.01. The number of carboxylic acids is 1. The quantitative estimate of drug-likeness (QED) is 0.799. The van der Waals surface area contributed by atoms with Crippen molar-refractivity contribution in [1.82, 2.24) is 9.55 Å². The Kier molecular flexibility index (Phi) is 2.93. The van der Waals surface area contributed by atoms with Gasteiger partial charge in [0.2, 0.25) is 0 Å². The first-order valence-electron chi connectivity index (χ1n) is 4.66. The summed E-state index contributed by atoms with van der Waals surface area (Å²) in [6.07, 6.45) is 4.21. The molecule has 1 aromatic rings. The Balaban J connectivity index is 2.78. The lowest BCUT2D eigenvalue weighted by Gasteiger charge is -2.23. The highest BCUT2D eigenvalue weighted by atomic mass is 16.4. The van der Waals surface area contributed by atoms with Crippen LogP contribution in [0.3, 0.4) is 0 Å². The summed E-state index contributed by atoms with van der Waals surface area (Å²) in [7, 11) is 0. The Morgan fingerprint density at radius 1 is 1.57 bits per heavy atom. The van der Waals surface area contributed by atoms with Gasteiger partial charge >= 0.3 is 5.97 Å². The molecule has 0 saturated heterocycles. The minimum Gasteiger partial charge on any atom is -0.481 e. The zero-order chi connectivity index (χ0) is 10.8. The Labute approximate surface area is 83.6 Å². The van der Waals surface area contributed by atoms with Crippen LogP contribution in [0.5, 0.6) is 0 Å². The van der Waals surface area contributed by atoms with Crippen LogP contribution in [0.15, 0.2) is 12.4 Å². The van der Waals surface area contributed by atoms with Crippen LogP contribution in [0.2, 0.25) is 0 Å². The van der Waals surface area contributed by atoms with Crippen LogP contribution in [0, 0.1) is 0 Å². The standard InChI is InChI=1S/C10H16N2O2/c1-10(2,3)12-7-6-11-8(12)4-5-9(13)14/h6-7H,4-5H2,1-3H3,(H,13,14). The van der Waals surface area contributed by atoms with Crippen LogP contribution < -0.4 is 0 Å². The van der Waals surface area contributed by atoms with E-state index in [0.29, 0.717) is 6.42 Å². The number of rotatable bonds is 3. The molecule has 0 aliphatic rings. The average molecular weight is 196 g/mol. The second-order valence-corrected chi connectivity index (χ2v) is 4.28. The molecule has 1 heterocycles. The Morgan fingerprint density at radius 3 is 2.71 bits per heavy atom. The molecule has 0 radical (unpaired) electrons. The van der Waals surface area contributed by atoms with Crippen LogP contribution in [0.25, 0.3) is 0 Å². The molecule has 0 saturated carbocycles. The van der Waals surface area contributed by atoms with E-state index in [-0.39, 0.29) is 12.0 Å². The number of hydrogen-bond donors (Lipinski definition) is 1. The SMILES string of the molecule is CC(C)(C)n1ccnc1CCC(=O)O. The van der Waals surface area contributed by atoms with E-state index >= 15 is 0 Å². The smallest absolute Gasteiger partial charge is 0.303 e. The summed E-state index contributed by atoms with van der Waals surface area (Å²) in [5, 5.41) is 8.57. The zero-order valence-corrected chi connectivity index (χ0v) is 8.82. The molecule has 0 fully saturated rings. The molecule has 0 amide bonds. The number of aryl methyl sites for hydroxylation is 1. The summed E-state index contributed by atoms with van der Waals surface area (Å²) in [6.45, 7) is 6.21. The molecule has 0 atom stereocenters. The molecule has 78 valence electrons. The lowest BCUT2D eigenvalue weighted by Crippen LogP contribution is -2.23. The minimum absolute atomic E-state index is 0.0374. The van der Waals surface area contributed by atoms with E-state index < -0.39 is 5.97 Å². The molecule has 0 aliphatic heterocycles. The maximum absolute atomic E-state index is 10.4. The fourth-order valence-electron chi connectivity index (χ4n) is 1.35. The molecule has 1 rings (SSSR count). The van der Waals surface area contributed by atoms with Gasteiger partial charge in [0.1, 0.15) is 5.82 Å². The van der Waals surface area contributed by atoms with E-state index in [9.17, 15) is 4.79 Å². The van der Waals surface area contributed by atoms with Gasteiger partial charge < -0.3 is 9.67 Å². The van der Waals surface area contributed by atoms with Gasteiger partial charge in [0, 0.05) is 24.4 Å². The Bertz CT molecular complexity index is 323. The minimum atomic E-state index is -0.784. The summed E-state index contributed by atoms with van der Waals surface area (Å²) >= 11 is 0. The van der Waals surface area contributed by atoms with Crippen molar-refractivity contribution in [3.63, 3.8) is 0 Å². The number of aromatic nitrogens is 2. The van der Waals surface area contributed by atoms with E-state index in [2.05, 4.69) is 25.8 Å². The summed E-state index contributed by atoms with van der Waals surface area (Å²) in [5.41, 5.74) is -0.0374. The molecule has 0 aliphatic carbocycles. The third-order valence-electron chi connectivity index (χ3n) is 2.00. The first-order valence-corrected chi connectivity index (χ1v) is 4.66. The second-order valence-electron chi connectivity index (χ2n) is 4.28. The average Bonchev–Trinajstić information content (AvgIpc) is 2.46. The van der Waals surface area contributed by atoms with E-state index in [1.807, 2.05) is 10.8 Å². The predicted octanol–water partition coefficient (Wildman–Crippen LogP) is 1.66. The molecular weight excluding hydrogens is 180 g/mol. The Morgan fingerprint density at radius 2 is 2.21 bits per heavy atom. The first kappa shape index (κ1) is 10.8. The molecule has 0 unspecified atom stereocenters. The fourth-order valence-corrected chi connectivity index (χ4v) is 1.35.